The van der Waals surface area contributed by atoms with Crippen LogP contribution in [0.5, 0.6) is 5.88 Å². The van der Waals surface area contributed by atoms with Crippen molar-refractivity contribution in [3.05, 3.63) is 23.9 Å². The fourth-order valence-electron chi connectivity index (χ4n) is 3.02. The van der Waals surface area contributed by atoms with Gasteiger partial charge in [0, 0.05) is 31.9 Å². The molecule has 0 saturated heterocycles. The maximum atomic E-state index is 5.96. The first kappa shape index (κ1) is 19.3. The van der Waals surface area contributed by atoms with E-state index < -0.39 is 0 Å². The molecule has 2 fully saturated rings. The monoisotopic (exact) mass is 444 g/mol. The summed E-state index contributed by atoms with van der Waals surface area (Å²) in [5.41, 5.74) is 1.13. The number of rotatable bonds is 5. The number of ether oxygens (including phenoxy) is 1. The Morgan fingerprint density at radius 1 is 1.29 bits per heavy atom. The summed E-state index contributed by atoms with van der Waals surface area (Å²) in [4.78, 5) is 8.70. The highest BCUT2D eigenvalue weighted by Gasteiger charge is 2.33. The van der Waals surface area contributed by atoms with Crippen LogP contribution in [0.4, 0.5) is 0 Å². The molecule has 0 radical (unpaired) electrons. The van der Waals surface area contributed by atoms with Crippen molar-refractivity contribution in [2.75, 3.05) is 7.05 Å². The highest BCUT2D eigenvalue weighted by molar-refractivity contribution is 14.0. The Morgan fingerprint density at radius 2 is 2.04 bits per heavy atom. The van der Waals surface area contributed by atoms with E-state index in [9.17, 15) is 0 Å². The first-order valence-electron chi connectivity index (χ1n) is 8.83. The third-order valence-electron chi connectivity index (χ3n) is 4.75. The van der Waals surface area contributed by atoms with Crippen molar-refractivity contribution in [1.29, 1.82) is 0 Å². The highest BCUT2D eigenvalue weighted by Crippen LogP contribution is 2.28. The molecule has 2 unspecified atom stereocenters. The normalized spacial score (nSPS) is 24.0. The van der Waals surface area contributed by atoms with Gasteiger partial charge in [0.1, 0.15) is 6.10 Å². The molecular formula is C18H29IN4O. The van der Waals surface area contributed by atoms with Crippen molar-refractivity contribution in [3.63, 3.8) is 0 Å². The van der Waals surface area contributed by atoms with Crippen molar-refractivity contribution >= 4 is 29.9 Å². The average Bonchev–Trinajstić information content (AvgIpc) is 3.28. The third-order valence-corrected chi connectivity index (χ3v) is 4.75. The molecule has 134 valence electrons. The van der Waals surface area contributed by atoms with Crippen molar-refractivity contribution in [2.45, 2.75) is 64.1 Å². The lowest BCUT2D eigenvalue weighted by Gasteiger charge is -2.22. The molecule has 0 amide bonds. The van der Waals surface area contributed by atoms with Crippen LogP contribution in [0.2, 0.25) is 0 Å². The summed E-state index contributed by atoms with van der Waals surface area (Å²) in [6, 6.07) is 4.63. The summed E-state index contributed by atoms with van der Waals surface area (Å²) in [6.07, 6.45) is 9.68. The van der Waals surface area contributed by atoms with Crippen LogP contribution in [0.25, 0.3) is 0 Å². The average molecular weight is 444 g/mol. The van der Waals surface area contributed by atoms with Crippen LogP contribution in [-0.4, -0.2) is 30.1 Å². The Bertz CT molecular complexity index is 528. The number of halogens is 1. The number of hydrogen-bond donors (Lipinski definition) is 2. The molecule has 3 rings (SSSR count). The standard InChI is InChI=1S/C18H28N4O.HI/c1-13-10-16(13)22-18(19-2)21-12-14-8-9-17(20-11-14)23-15-6-4-3-5-7-15;/h8-9,11,13,15-16H,3-7,10,12H2,1-2H3,(H2,19,21,22);1H. The first-order chi connectivity index (χ1) is 11.2. The maximum absolute atomic E-state index is 5.96. The number of aliphatic imine (C=N–C) groups is 1. The Balaban J connectivity index is 0.00000208. The molecule has 2 atom stereocenters. The number of pyridine rings is 1. The Hall–Kier alpha value is -1.05. The molecule has 0 aromatic carbocycles. The second-order valence-corrected chi connectivity index (χ2v) is 6.77. The number of hydrogen-bond acceptors (Lipinski definition) is 3. The van der Waals surface area contributed by atoms with Crippen LogP contribution < -0.4 is 15.4 Å². The van der Waals surface area contributed by atoms with E-state index >= 15 is 0 Å². The predicted molar refractivity (Wildman–Crippen MR) is 108 cm³/mol. The Labute approximate surface area is 162 Å². The topological polar surface area (TPSA) is 58.5 Å². The largest absolute Gasteiger partial charge is 0.474 e. The zero-order valence-corrected chi connectivity index (χ0v) is 17.0. The van der Waals surface area contributed by atoms with Gasteiger partial charge in [0.15, 0.2) is 5.96 Å². The second-order valence-electron chi connectivity index (χ2n) is 6.77. The molecule has 2 N–H and O–H groups in total. The number of aromatic nitrogens is 1. The van der Waals surface area contributed by atoms with E-state index in [-0.39, 0.29) is 24.0 Å². The van der Waals surface area contributed by atoms with Gasteiger partial charge in [-0.25, -0.2) is 4.98 Å². The molecule has 1 heterocycles. The van der Waals surface area contributed by atoms with Crippen LogP contribution in [0, 0.1) is 5.92 Å². The van der Waals surface area contributed by atoms with Gasteiger partial charge in [-0.2, -0.15) is 0 Å². The summed E-state index contributed by atoms with van der Waals surface area (Å²) in [5.74, 6) is 2.36. The lowest BCUT2D eigenvalue weighted by atomic mass is 9.98. The quantitative estimate of drug-likeness (QED) is 0.415. The van der Waals surface area contributed by atoms with Crippen molar-refractivity contribution in [3.8, 4) is 5.88 Å². The van der Waals surface area contributed by atoms with Crippen LogP contribution in [0.15, 0.2) is 23.3 Å². The second kappa shape index (κ2) is 9.44. The van der Waals surface area contributed by atoms with Crippen LogP contribution in [0.1, 0.15) is 51.0 Å². The van der Waals surface area contributed by atoms with Gasteiger partial charge in [-0.05, 0) is 43.6 Å². The summed E-state index contributed by atoms with van der Waals surface area (Å²) in [6.45, 7) is 2.97. The minimum atomic E-state index is 0. The molecule has 6 heteroatoms. The summed E-state index contributed by atoms with van der Waals surface area (Å²) in [7, 11) is 1.81. The van der Waals surface area contributed by atoms with Gasteiger partial charge < -0.3 is 15.4 Å². The zero-order chi connectivity index (χ0) is 16.1. The van der Waals surface area contributed by atoms with Crippen molar-refractivity contribution in [2.24, 2.45) is 10.9 Å². The predicted octanol–water partition coefficient (Wildman–Crippen LogP) is 3.48. The molecule has 24 heavy (non-hydrogen) atoms. The lowest BCUT2D eigenvalue weighted by Crippen LogP contribution is -2.38. The van der Waals surface area contributed by atoms with Crippen LogP contribution in [-0.2, 0) is 6.54 Å². The van der Waals surface area contributed by atoms with Crippen molar-refractivity contribution < 1.29 is 4.74 Å². The summed E-state index contributed by atoms with van der Waals surface area (Å²) < 4.78 is 5.96. The first-order valence-corrected chi connectivity index (χ1v) is 8.83. The van der Waals surface area contributed by atoms with E-state index in [4.69, 9.17) is 4.74 Å². The van der Waals surface area contributed by atoms with Gasteiger partial charge in [-0.1, -0.05) is 19.4 Å². The van der Waals surface area contributed by atoms with Gasteiger partial charge in [-0.3, -0.25) is 4.99 Å². The van der Waals surface area contributed by atoms with Gasteiger partial charge in [0.2, 0.25) is 5.88 Å². The van der Waals surface area contributed by atoms with Crippen molar-refractivity contribution in [1.82, 2.24) is 15.6 Å². The van der Waals surface area contributed by atoms with Crippen LogP contribution >= 0.6 is 24.0 Å². The molecular weight excluding hydrogens is 415 g/mol. The molecule has 2 aliphatic carbocycles. The molecule has 5 nitrogen and oxygen atoms in total. The van der Waals surface area contributed by atoms with E-state index in [1.807, 2.05) is 19.3 Å². The van der Waals surface area contributed by atoms with E-state index in [0.29, 0.717) is 12.1 Å². The number of nitrogens with one attached hydrogen (secondary N) is 2. The smallest absolute Gasteiger partial charge is 0.213 e. The van der Waals surface area contributed by atoms with E-state index in [0.717, 1.165) is 42.7 Å². The van der Waals surface area contributed by atoms with Gasteiger partial charge >= 0.3 is 0 Å². The Morgan fingerprint density at radius 3 is 2.62 bits per heavy atom. The minimum Gasteiger partial charge on any atom is -0.474 e. The molecule has 0 aliphatic heterocycles. The fraction of sp³-hybridized carbons (Fsp3) is 0.667. The SMILES string of the molecule is CN=C(NCc1ccc(OC2CCCCC2)nc1)NC1CC1C.I. The lowest BCUT2D eigenvalue weighted by molar-refractivity contribution is 0.148. The van der Waals surface area contributed by atoms with Gasteiger partial charge in [0.25, 0.3) is 0 Å². The molecule has 0 bridgehead atoms. The summed E-state index contributed by atoms with van der Waals surface area (Å²) >= 11 is 0. The number of nitrogens with zero attached hydrogens (tertiary/aromatic N) is 2. The van der Waals surface area contributed by atoms with E-state index in [1.165, 1.54) is 25.7 Å². The number of guanidine groups is 1. The zero-order valence-electron chi connectivity index (χ0n) is 14.6. The maximum Gasteiger partial charge on any atom is 0.213 e. The fourth-order valence-corrected chi connectivity index (χ4v) is 3.02. The molecule has 2 saturated carbocycles. The molecule has 0 spiro atoms. The highest BCUT2D eigenvalue weighted by atomic mass is 127. The molecule has 1 aromatic heterocycles. The van der Waals surface area contributed by atoms with E-state index in [2.05, 4.69) is 33.6 Å². The molecule has 2 aliphatic rings. The molecule has 1 aromatic rings. The third kappa shape index (κ3) is 5.79. The summed E-state index contributed by atoms with van der Waals surface area (Å²) in [5, 5.41) is 6.76. The van der Waals surface area contributed by atoms with E-state index in [1.54, 1.807) is 0 Å². The minimum absolute atomic E-state index is 0. The van der Waals surface area contributed by atoms with Gasteiger partial charge in [0.05, 0.1) is 0 Å². The van der Waals surface area contributed by atoms with Gasteiger partial charge in [-0.15, -0.1) is 24.0 Å². The Kier molecular flexibility index (Phi) is 7.58. The van der Waals surface area contributed by atoms with Crippen LogP contribution in [0.3, 0.4) is 0 Å².